The average molecular weight is 367 g/mol. The first kappa shape index (κ1) is 16.0. The van der Waals surface area contributed by atoms with Gasteiger partial charge in [-0.05, 0) is 23.6 Å². The number of aromatic nitrogens is 4. The molecule has 8 nitrogen and oxygen atoms in total. The molecular formula is C17H13N5O3S. The van der Waals surface area contributed by atoms with E-state index in [4.69, 9.17) is 4.52 Å². The molecule has 3 aromatic heterocycles. The molecule has 26 heavy (non-hydrogen) atoms. The van der Waals surface area contributed by atoms with E-state index in [9.17, 15) is 9.59 Å². The summed E-state index contributed by atoms with van der Waals surface area (Å²) >= 11 is 1.49. The van der Waals surface area contributed by atoms with Gasteiger partial charge in [0.25, 0.3) is 17.4 Å². The zero-order chi connectivity index (χ0) is 17.9. The first-order valence-electron chi connectivity index (χ1n) is 7.73. The molecule has 0 aliphatic rings. The van der Waals surface area contributed by atoms with Crippen molar-refractivity contribution in [2.75, 3.05) is 0 Å². The van der Waals surface area contributed by atoms with Gasteiger partial charge in [0.05, 0.1) is 17.1 Å². The van der Waals surface area contributed by atoms with Gasteiger partial charge in [-0.3, -0.25) is 14.7 Å². The molecule has 0 aliphatic heterocycles. The van der Waals surface area contributed by atoms with Crippen molar-refractivity contribution in [3.63, 3.8) is 0 Å². The molecule has 0 aliphatic carbocycles. The molecule has 130 valence electrons. The summed E-state index contributed by atoms with van der Waals surface area (Å²) < 4.78 is 6.47. The Kier molecular flexibility index (Phi) is 4.20. The van der Waals surface area contributed by atoms with Gasteiger partial charge in [-0.1, -0.05) is 29.4 Å². The molecule has 0 fully saturated rings. The Morgan fingerprint density at radius 2 is 2.08 bits per heavy atom. The summed E-state index contributed by atoms with van der Waals surface area (Å²) in [5.41, 5.74) is 0.483. The molecule has 9 heteroatoms. The molecule has 0 atom stereocenters. The van der Waals surface area contributed by atoms with Crippen molar-refractivity contribution in [1.29, 1.82) is 0 Å². The number of hydrogen-bond acceptors (Lipinski definition) is 6. The van der Waals surface area contributed by atoms with E-state index in [0.717, 1.165) is 4.88 Å². The number of nitrogens with one attached hydrogen (secondary N) is 2. The lowest BCUT2D eigenvalue weighted by molar-refractivity contribution is 0.0944. The van der Waals surface area contributed by atoms with Crippen LogP contribution in [0.4, 0.5) is 0 Å². The second kappa shape index (κ2) is 6.81. The topological polar surface area (TPSA) is 106 Å². The van der Waals surface area contributed by atoms with Crippen LogP contribution < -0.4 is 10.9 Å². The van der Waals surface area contributed by atoms with Gasteiger partial charge in [-0.2, -0.15) is 4.98 Å². The van der Waals surface area contributed by atoms with Gasteiger partial charge in [-0.25, -0.2) is 4.68 Å². The van der Waals surface area contributed by atoms with Crippen LogP contribution in [0.5, 0.6) is 0 Å². The zero-order valence-corrected chi connectivity index (χ0v) is 14.2. The van der Waals surface area contributed by atoms with E-state index < -0.39 is 5.91 Å². The number of para-hydroxylation sites is 1. The maximum atomic E-state index is 12.3. The van der Waals surface area contributed by atoms with E-state index in [1.807, 2.05) is 35.7 Å². The molecule has 0 bridgehead atoms. The molecule has 1 amide bonds. The Morgan fingerprint density at radius 1 is 1.23 bits per heavy atom. The first-order valence-corrected chi connectivity index (χ1v) is 8.61. The highest BCUT2D eigenvalue weighted by molar-refractivity contribution is 7.13. The van der Waals surface area contributed by atoms with Gasteiger partial charge in [0, 0.05) is 6.07 Å². The quantitative estimate of drug-likeness (QED) is 0.562. The van der Waals surface area contributed by atoms with Gasteiger partial charge in [-0.15, -0.1) is 11.3 Å². The fourth-order valence-corrected chi connectivity index (χ4v) is 3.01. The largest absolute Gasteiger partial charge is 0.343 e. The normalized spacial score (nSPS) is 10.8. The lowest BCUT2D eigenvalue weighted by Gasteiger charge is -2.02. The number of thiophene rings is 1. The van der Waals surface area contributed by atoms with Crippen LogP contribution in [0.1, 0.15) is 16.3 Å². The van der Waals surface area contributed by atoms with E-state index in [2.05, 4.69) is 20.6 Å². The van der Waals surface area contributed by atoms with E-state index in [0.29, 0.717) is 17.4 Å². The summed E-state index contributed by atoms with van der Waals surface area (Å²) in [4.78, 5) is 29.4. The van der Waals surface area contributed by atoms with Crippen LogP contribution in [0.15, 0.2) is 63.2 Å². The Labute approximate surface area is 151 Å². The summed E-state index contributed by atoms with van der Waals surface area (Å²) in [6.07, 6.45) is 0. The minimum Gasteiger partial charge on any atom is -0.343 e. The molecule has 2 N–H and O–H groups in total. The highest BCUT2D eigenvalue weighted by atomic mass is 32.1. The van der Waals surface area contributed by atoms with Crippen molar-refractivity contribution in [2.45, 2.75) is 6.54 Å². The standard InChI is InChI=1S/C17H13N5O3S/c23-15-9-12(20-22(15)11-5-2-1-3-6-11)16(24)18-10-14-19-17(25-21-14)13-7-4-8-26-13/h1-9,20H,10H2,(H,18,24). The maximum Gasteiger partial charge on any atom is 0.271 e. The van der Waals surface area contributed by atoms with E-state index in [-0.39, 0.29) is 17.8 Å². The van der Waals surface area contributed by atoms with Crippen molar-refractivity contribution in [2.24, 2.45) is 0 Å². The minimum atomic E-state index is -0.431. The van der Waals surface area contributed by atoms with Crippen LogP contribution in [0, 0.1) is 0 Å². The Hall–Kier alpha value is -3.46. The molecule has 1 aromatic carbocycles. The van der Waals surface area contributed by atoms with Crippen molar-refractivity contribution in [1.82, 2.24) is 25.2 Å². The summed E-state index contributed by atoms with van der Waals surface area (Å²) in [6.45, 7) is 0.0895. The number of rotatable bonds is 5. The van der Waals surface area contributed by atoms with E-state index in [1.54, 1.807) is 12.1 Å². The Balaban J connectivity index is 1.45. The summed E-state index contributed by atoms with van der Waals surface area (Å²) in [6, 6.07) is 14.0. The fourth-order valence-electron chi connectivity index (χ4n) is 2.36. The maximum absolute atomic E-state index is 12.3. The van der Waals surface area contributed by atoms with Crippen LogP contribution in [-0.2, 0) is 6.54 Å². The van der Waals surface area contributed by atoms with Gasteiger partial charge in [0.15, 0.2) is 5.82 Å². The van der Waals surface area contributed by atoms with Gasteiger partial charge in [0.2, 0.25) is 0 Å². The third-order valence-electron chi connectivity index (χ3n) is 3.59. The fraction of sp³-hybridized carbons (Fsp3) is 0.0588. The molecule has 0 saturated carbocycles. The highest BCUT2D eigenvalue weighted by Crippen LogP contribution is 2.22. The van der Waals surface area contributed by atoms with Crippen LogP contribution >= 0.6 is 11.3 Å². The second-order valence-electron chi connectivity index (χ2n) is 5.35. The highest BCUT2D eigenvalue weighted by Gasteiger charge is 2.14. The number of hydrogen-bond donors (Lipinski definition) is 2. The van der Waals surface area contributed by atoms with Crippen LogP contribution in [0.3, 0.4) is 0 Å². The molecule has 0 saturated heterocycles. The number of aromatic amines is 1. The average Bonchev–Trinajstić information content (AvgIpc) is 3.40. The number of amides is 1. The van der Waals surface area contributed by atoms with Crippen molar-refractivity contribution in [3.05, 3.63) is 75.8 Å². The van der Waals surface area contributed by atoms with Crippen molar-refractivity contribution in [3.8, 4) is 16.5 Å². The third-order valence-corrected chi connectivity index (χ3v) is 4.44. The van der Waals surface area contributed by atoms with Gasteiger partial charge < -0.3 is 9.84 Å². The van der Waals surface area contributed by atoms with Gasteiger partial charge in [0.1, 0.15) is 5.69 Å². The Morgan fingerprint density at radius 3 is 2.85 bits per heavy atom. The molecule has 0 unspecified atom stereocenters. The predicted octanol–water partition coefficient (Wildman–Crippen LogP) is 2.21. The summed E-state index contributed by atoms with van der Waals surface area (Å²) in [7, 11) is 0. The van der Waals surface area contributed by atoms with Gasteiger partial charge >= 0.3 is 0 Å². The molecular weight excluding hydrogens is 354 g/mol. The predicted molar refractivity (Wildman–Crippen MR) is 95.2 cm³/mol. The Bertz CT molecular complexity index is 1080. The number of carbonyl (C=O) groups excluding carboxylic acids is 1. The molecule has 4 rings (SSSR count). The van der Waals surface area contributed by atoms with Crippen LogP contribution in [-0.4, -0.2) is 25.8 Å². The molecule has 0 radical (unpaired) electrons. The number of benzene rings is 1. The number of nitrogens with zero attached hydrogens (tertiary/aromatic N) is 3. The van der Waals surface area contributed by atoms with Crippen molar-refractivity contribution >= 4 is 17.2 Å². The first-order chi connectivity index (χ1) is 12.7. The zero-order valence-electron chi connectivity index (χ0n) is 13.4. The molecule has 3 heterocycles. The molecule has 0 spiro atoms. The minimum absolute atomic E-state index is 0.0895. The van der Waals surface area contributed by atoms with Crippen LogP contribution in [0.25, 0.3) is 16.5 Å². The van der Waals surface area contributed by atoms with Crippen LogP contribution in [0.2, 0.25) is 0 Å². The monoisotopic (exact) mass is 367 g/mol. The lowest BCUT2D eigenvalue weighted by Crippen LogP contribution is -2.24. The smallest absolute Gasteiger partial charge is 0.271 e. The SMILES string of the molecule is O=C(NCc1noc(-c2cccs2)n1)c1cc(=O)n(-c2ccccc2)[nH]1. The molecule has 4 aromatic rings. The second-order valence-corrected chi connectivity index (χ2v) is 6.30. The third kappa shape index (κ3) is 3.20. The summed E-state index contributed by atoms with van der Waals surface area (Å²) in [5, 5.41) is 11.2. The number of H-pyrrole nitrogens is 1. The van der Waals surface area contributed by atoms with E-state index >= 15 is 0 Å². The van der Waals surface area contributed by atoms with E-state index in [1.165, 1.54) is 22.1 Å². The van der Waals surface area contributed by atoms with Crippen molar-refractivity contribution < 1.29 is 9.32 Å². The number of carbonyl (C=O) groups is 1. The lowest BCUT2D eigenvalue weighted by atomic mass is 10.3. The summed E-state index contributed by atoms with van der Waals surface area (Å²) in [5.74, 6) is 0.332.